The van der Waals surface area contributed by atoms with E-state index < -0.39 is 5.97 Å². The maximum atomic E-state index is 13.0. The number of benzene rings is 2. The molecular weight excluding hydrogens is 263 g/mol. The molecule has 1 aromatic heterocycles. The summed E-state index contributed by atoms with van der Waals surface area (Å²) in [7, 11) is 0. The van der Waals surface area contributed by atoms with E-state index in [-0.39, 0.29) is 11.4 Å². The van der Waals surface area contributed by atoms with E-state index in [1.807, 2.05) is 11.4 Å². The van der Waals surface area contributed by atoms with Gasteiger partial charge < -0.3 is 5.11 Å². The Morgan fingerprint density at radius 2 is 1.84 bits per heavy atom. The molecule has 1 N–H and O–H groups in total. The molecular formula is C15H9FO2S. The Hall–Kier alpha value is -2.20. The van der Waals surface area contributed by atoms with Gasteiger partial charge in [0.25, 0.3) is 0 Å². The van der Waals surface area contributed by atoms with E-state index in [0.29, 0.717) is 0 Å². The van der Waals surface area contributed by atoms with Gasteiger partial charge >= 0.3 is 5.97 Å². The zero-order valence-corrected chi connectivity index (χ0v) is 10.6. The van der Waals surface area contributed by atoms with Crippen LogP contribution in [0, 0.1) is 5.82 Å². The molecule has 2 aromatic carbocycles. The van der Waals surface area contributed by atoms with Crippen LogP contribution in [0.15, 0.2) is 47.8 Å². The third kappa shape index (κ3) is 2.11. The Balaban J connectivity index is 2.29. The number of halogens is 1. The fraction of sp³-hybridized carbons (Fsp3) is 0. The molecule has 0 spiro atoms. The maximum Gasteiger partial charge on any atom is 0.335 e. The molecule has 3 aromatic rings. The van der Waals surface area contributed by atoms with Crippen LogP contribution >= 0.6 is 11.3 Å². The van der Waals surface area contributed by atoms with Crippen molar-refractivity contribution >= 4 is 27.4 Å². The topological polar surface area (TPSA) is 37.3 Å². The minimum Gasteiger partial charge on any atom is -0.478 e. The molecule has 0 bridgehead atoms. The summed E-state index contributed by atoms with van der Waals surface area (Å²) in [5.74, 6) is -1.27. The number of hydrogen-bond donors (Lipinski definition) is 1. The quantitative estimate of drug-likeness (QED) is 0.750. The van der Waals surface area contributed by atoms with Gasteiger partial charge in [-0.05, 0) is 46.8 Å². The number of rotatable bonds is 2. The van der Waals surface area contributed by atoms with E-state index in [1.165, 1.54) is 23.5 Å². The highest BCUT2D eigenvalue weighted by Gasteiger charge is 2.11. The van der Waals surface area contributed by atoms with Gasteiger partial charge in [0, 0.05) is 10.1 Å². The molecule has 0 saturated carbocycles. The monoisotopic (exact) mass is 272 g/mol. The van der Waals surface area contributed by atoms with E-state index in [4.69, 9.17) is 5.11 Å². The highest BCUT2D eigenvalue weighted by Crippen LogP contribution is 2.33. The summed E-state index contributed by atoms with van der Waals surface area (Å²) < 4.78 is 13.9. The van der Waals surface area contributed by atoms with Gasteiger partial charge in [-0.25, -0.2) is 9.18 Å². The molecule has 0 radical (unpaired) electrons. The maximum absolute atomic E-state index is 13.0. The van der Waals surface area contributed by atoms with Crippen molar-refractivity contribution in [1.29, 1.82) is 0 Å². The van der Waals surface area contributed by atoms with Crippen LogP contribution in [0.5, 0.6) is 0 Å². The molecule has 0 aliphatic heterocycles. The van der Waals surface area contributed by atoms with Crippen molar-refractivity contribution in [3.63, 3.8) is 0 Å². The van der Waals surface area contributed by atoms with Gasteiger partial charge in [-0.3, -0.25) is 0 Å². The van der Waals surface area contributed by atoms with Crippen molar-refractivity contribution < 1.29 is 14.3 Å². The lowest BCUT2D eigenvalue weighted by Crippen LogP contribution is -1.96. The number of aromatic carboxylic acids is 1. The van der Waals surface area contributed by atoms with Crippen LogP contribution in [0.2, 0.25) is 0 Å². The Kier molecular flexibility index (Phi) is 2.80. The van der Waals surface area contributed by atoms with Gasteiger partial charge in [-0.2, -0.15) is 0 Å². The van der Waals surface area contributed by atoms with Crippen LogP contribution in [0.25, 0.3) is 21.2 Å². The van der Waals surface area contributed by atoms with Gasteiger partial charge in [0.15, 0.2) is 0 Å². The average molecular weight is 272 g/mol. The first-order chi connectivity index (χ1) is 9.15. The fourth-order valence-electron chi connectivity index (χ4n) is 2.06. The highest BCUT2D eigenvalue weighted by molar-refractivity contribution is 7.17. The summed E-state index contributed by atoms with van der Waals surface area (Å²) in [6.07, 6.45) is 0. The third-order valence-electron chi connectivity index (χ3n) is 2.97. The lowest BCUT2D eigenvalue weighted by atomic mass is 9.99. The standard InChI is InChI=1S/C15H9FO2S/c16-11-3-1-9(2-4-11)13-7-10(15(17)18)8-14-12(13)5-6-19-14/h1-8H,(H,17,18). The second-order valence-corrected chi connectivity index (χ2v) is 5.12. The van der Waals surface area contributed by atoms with Gasteiger partial charge in [-0.1, -0.05) is 12.1 Å². The van der Waals surface area contributed by atoms with Crippen LogP contribution in [-0.2, 0) is 0 Å². The van der Waals surface area contributed by atoms with Crippen molar-refractivity contribution in [2.45, 2.75) is 0 Å². The summed E-state index contributed by atoms with van der Waals surface area (Å²) in [4.78, 5) is 11.1. The first-order valence-corrected chi connectivity index (χ1v) is 6.53. The molecule has 3 rings (SSSR count). The second kappa shape index (κ2) is 4.48. The van der Waals surface area contributed by atoms with Crippen molar-refractivity contribution in [1.82, 2.24) is 0 Å². The Bertz CT molecular complexity index is 759. The molecule has 0 saturated heterocycles. The first-order valence-electron chi connectivity index (χ1n) is 5.65. The molecule has 2 nitrogen and oxygen atoms in total. The van der Waals surface area contributed by atoms with E-state index in [1.54, 1.807) is 24.3 Å². The molecule has 1 heterocycles. The van der Waals surface area contributed by atoms with Gasteiger partial charge in [0.1, 0.15) is 5.82 Å². The van der Waals surface area contributed by atoms with E-state index >= 15 is 0 Å². The highest BCUT2D eigenvalue weighted by atomic mass is 32.1. The number of carbonyl (C=O) groups is 1. The van der Waals surface area contributed by atoms with Crippen molar-refractivity contribution in [3.8, 4) is 11.1 Å². The van der Waals surface area contributed by atoms with E-state index in [9.17, 15) is 9.18 Å². The Morgan fingerprint density at radius 3 is 2.53 bits per heavy atom. The second-order valence-electron chi connectivity index (χ2n) is 4.17. The smallest absolute Gasteiger partial charge is 0.335 e. The summed E-state index contributed by atoms with van der Waals surface area (Å²) in [5, 5.41) is 12.0. The van der Waals surface area contributed by atoms with Crippen LogP contribution in [-0.4, -0.2) is 11.1 Å². The number of carboxylic acids is 1. The molecule has 0 atom stereocenters. The van der Waals surface area contributed by atoms with Crippen LogP contribution in [0.3, 0.4) is 0 Å². The SMILES string of the molecule is O=C(O)c1cc(-c2ccc(F)cc2)c2ccsc2c1. The summed E-state index contributed by atoms with van der Waals surface area (Å²) >= 11 is 1.49. The minimum absolute atomic E-state index is 0.245. The minimum atomic E-state index is -0.960. The zero-order chi connectivity index (χ0) is 13.4. The van der Waals surface area contributed by atoms with Crippen molar-refractivity contribution in [2.24, 2.45) is 0 Å². The van der Waals surface area contributed by atoms with E-state index in [0.717, 1.165) is 21.2 Å². The van der Waals surface area contributed by atoms with Crippen LogP contribution in [0.4, 0.5) is 4.39 Å². The molecule has 0 fully saturated rings. The number of hydrogen-bond acceptors (Lipinski definition) is 2. The van der Waals surface area contributed by atoms with Gasteiger partial charge in [-0.15, -0.1) is 11.3 Å². The van der Waals surface area contributed by atoms with Crippen LogP contribution < -0.4 is 0 Å². The largest absolute Gasteiger partial charge is 0.478 e. The predicted molar refractivity (Wildman–Crippen MR) is 74.2 cm³/mol. The summed E-state index contributed by atoms with van der Waals surface area (Å²) in [6.45, 7) is 0. The molecule has 0 amide bonds. The van der Waals surface area contributed by atoms with Gasteiger partial charge in [0.2, 0.25) is 0 Å². The van der Waals surface area contributed by atoms with Crippen molar-refractivity contribution in [2.75, 3.05) is 0 Å². The van der Waals surface area contributed by atoms with Crippen LogP contribution in [0.1, 0.15) is 10.4 Å². The fourth-order valence-corrected chi connectivity index (χ4v) is 2.91. The van der Waals surface area contributed by atoms with E-state index in [2.05, 4.69) is 0 Å². The van der Waals surface area contributed by atoms with Gasteiger partial charge in [0.05, 0.1) is 5.56 Å². The Morgan fingerprint density at radius 1 is 1.11 bits per heavy atom. The number of carboxylic acid groups (broad SMARTS) is 1. The molecule has 0 aliphatic rings. The lowest BCUT2D eigenvalue weighted by molar-refractivity contribution is 0.0697. The Labute approximate surface area is 112 Å². The molecule has 94 valence electrons. The molecule has 4 heteroatoms. The zero-order valence-electron chi connectivity index (χ0n) is 9.76. The normalized spacial score (nSPS) is 10.8. The summed E-state index contributed by atoms with van der Waals surface area (Å²) in [6, 6.07) is 11.3. The molecule has 0 aliphatic carbocycles. The first kappa shape index (κ1) is 11.9. The lowest BCUT2D eigenvalue weighted by Gasteiger charge is -2.06. The molecule has 19 heavy (non-hydrogen) atoms. The predicted octanol–water partition coefficient (Wildman–Crippen LogP) is 4.41. The average Bonchev–Trinajstić information content (AvgIpc) is 2.86. The number of fused-ring (bicyclic) bond motifs is 1. The summed E-state index contributed by atoms with van der Waals surface area (Å²) in [5.41, 5.74) is 1.87. The molecule has 0 unspecified atom stereocenters. The number of thiophene rings is 1. The van der Waals surface area contributed by atoms with Crippen molar-refractivity contribution in [3.05, 3.63) is 59.2 Å². The third-order valence-corrected chi connectivity index (χ3v) is 3.84.